The first kappa shape index (κ1) is 19.1. The third-order valence-corrected chi connectivity index (χ3v) is 5.01. The highest BCUT2D eigenvalue weighted by Crippen LogP contribution is 2.27. The van der Waals surface area contributed by atoms with E-state index in [4.69, 9.17) is 9.47 Å². The summed E-state index contributed by atoms with van der Waals surface area (Å²) in [6, 6.07) is 8.74. The molecule has 0 spiro atoms. The van der Waals surface area contributed by atoms with Gasteiger partial charge in [-0.25, -0.2) is 4.98 Å². The number of aromatic nitrogens is 1. The highest BCUT2D eigenvalue weighted by molar-refractivity contribution is 7.15. The van der Waals surface area contributed by atoms with Crippen molar-refractivity contribution in [2.75, 3.05) is 40.5 Å². The average Bonchev–Trinajstić information content (AvgIpc) is 3.06. The topological polar surface area (TPSA) is 34.6 Å². The number of hydrogen-bond donors (Lipinski definition) is 0. The Labute approximate surface area is 149 Å². The molecule has 0 aliphatic carbocycles. The molecule has 0 aliphatic heterocycles. The van der Waals surface area contributed by atoms with Crippen LogP contribution in [0.15, 0.2) is 30.5 Å². The molecule has 4 nitrogen and oxygen atoms in total. The van der Waals surface area contributed by atoms with E-state index in [0.29, 0.717) is 5.92 Å². The van der Waals surface area contributed by atoms with Crippen molar-refractivity contribution >= 4 is 11.3 Å². The molecule has 0 amide bonds. The summed E-state index contributed by atoms with van der Waals surface area (Å²) in [5, 5.41) is 1.08. The number of methoxy groups -OCH3 is 2. The van der Waals surface area contributed by atoms with E-state index in [2.05, 4.69) is 48.0 Å². The zero-order chi connectivity index (χ0) is 17.4. The minimum absolute atomic E-state index is 0.557. The molecule has 0 fully saturated rings. The van der Waals surface area contributed by atoms with E-state index in [1.165, 1.54) is 16.0 Å². The fourth-order valence-corrected chi connectivity index (χ4v) is 3.42. The van der Waals surface area contributed by atoms with Crippen LogP contribution in [0.2, 0.25) is 0 Å². The van der Waals surface area contributed by atoms with Crippen molar-refractivity contribution in [3.63, 3.8) is 0 Å². The SMILES string of the molecule is COCCN(CCOC)Cc1cnc(-c2ccc(C(C)C)cc2)s1. The van der Waals surface area contributed by atoms with Crippen molar-refractivity contribution in [1.29, 1.82) is 0 Å². The summed E-state index contributed by atoms with van der Waals surface area (Å²) in [7, 11) is 3.47. The molecule has 1 aromatic carbocycles. The maximum absolute atomic E-state index is 5.20. The van der Waals surface area contributed by atoms with Crippen LogP contribution < -0.4 is 0 Å². The maximum atomic E-state index is 5.20. The van der Waals surface area contributed by atoms with Gasteiger partial charge >= 0.3 is 0 Å². The summed E-state index contributed by atoms with van der Waals surface area (Å²) in [4.78, 5) is 8.21. The average molecular weight is 349 g/mol. The number of ether oxygens (including phenoxy) is 2. The summed E-state index contributed by atoms with van der Waals surface area (Å²) >= 11 is 1.76. The first-order valence-electron chi connectivity index (χ1n) is 8.39. The van der Waals surface area contributed by atoms with Gasteiger partial charge in [0.1, 0.15) is 5.01 Å². The lowest BCUT2D eigenvalue weighted by atomic mass is 10.0. The van der Waals surface area contributed by atoms with Crippen LogP contribution in [0.1, 0.15) is 30.2 Å². The molecule has 0 saturated carbocycles. The Morgan fingerprint density at radius 3 is 2.21 bits per heavy atom. The second-order valence-corrected chi connectivity index (χ2v) is 7.29. The van der Waals surface area contributed by atoms with Gasteiger partial charge in [-0.05, 0) is 11.5 Å². The van der Waals surface area contributed by atoms with E-state index < -0.39 is 0 Å². The molecule has 1 heterocycles. The predicted molar refractivity (Wildman–Crippen MR) is 101 cm³/mol. The summed E-state index contributed by atoms with van der Waals surface area (Å²) in [5.74, 6) is 0.557. The summed E-state index contributed by atoms with van der Waals surface area (Å²) < 4.78 is 10.4. The van der Waals surface area contributed by atoms with Gasteiger partial charge < -0.3 is 9.47 Å². The molecule has 132 valence electrons. The summed E-state index contributed by atoms with van der Waals surface area (Å²) in [6.07, 6.45) is 1.99. The normalized spacial score (nSPS) is 11.6. The third kappa shape index (κ3) is 5.67. The molecule has 2 rings (SSSR count). The summed E-state index contributed by atoms with van der Waals surface area (Å²) in [5.41, 5.74) is 2.55. The minimum atomic E-state index is 0.557. The number of nitrogens with zero attached hydrogens (tertiary/aromatic N) is 2. The Balaban J connectivity index is 2.02. The van der Waals surface area contributed by atoms with Crippen molar-refractivity contribution in [2.24, 2.45) is 0 Å². The minimum Gasteiger partial charge on any atom is -0.383 e. The number of rotatable bonds is 10. The lowest BCUT2D eigenvalue weighted by molar-refractivity contribution is 0.111. The number of thiazole rings is 1. The van der Waals surface area contributed by atoms with Crippen LogP contribution in [0.25, 0.3) is 10.6 Å². The number of hydrogen-bond acceptors (Lipinski definition) is 5. The largest absolute Gasteiger partial charge is 0.383 e. The van der Waals surface area contributed by atoms with Gasteiger partial charge in [-0.2, -0.15) is 0 Å². The standard InChI is InChI=1S/C19H28N2O2S/c1-15(2)16-5-7-17(8-6-16)19-20-13-18(24-19)14-21(9-11-22-3)10-12-23-4/h5-8,13,15H,9-12,14H2,1-4H3. The van der Waals surface area contributed by atoms with E-state index in [0.717, 1.165) is 37.9 Å². The first-order valence-corrected chi connectivity index (χ1v) is 9.21. The van der Waals surface area contributed by atoms with E-state index in [9.17, 15) is 0 Å². The summed E-state index contributed by atoms with van der Waals surface area (Å²) in [6.45, 7) is 8.56. The molecule has 0 aliphatic rings. The second-order valence-electron chi connectivity index (χ2n) is 6.17. The number of benzene rings is 1. The highest BCUT2D eigenvalue weighted by Gasteiger charge is 2.10. The molecular formula is C19H28N2O2S. The van der Waals surface area contributed by atoms with Crippen LogP contribution in [0.3, 0.4) is 0 Å². The molecule has 24 heavy (non-hydrogen) atoms. The molecule has 0 unspecified atom stereocenters. The Morgan fingerprint density at radius 1 is 1.04 bits per heavy atom. The van der Waals surface area contributed by atoms with E-state index in [-0.39, 0.29) is 0 Å². The van der Waals surface area contributed by atoms with Gasteiger partial charge in [-0.3, -0.25) is 4.90 Å². The lowest BCUT2D eigenvalue weighted by Crippen LogP contribution is -2.29. The smallest absolute Gasteiger partial charge is 0.123 e. The van der Waals surface area contributed by atoms with Crippen LogP contribution in [0, 0.1) is 0 Å². The van der Waals surface area contributed by atoms with Gasteiger partial charge in [0.2, 0.25) is 0 Å². The van der Waals surface area contributed by atoms with Gasteiger partial charge in [-0.1, -0.05) is 38.1 Å². The van der Waals surface area contributed by atoms with Gasteiger partial charge in [0.15, 0.2) is 0 Å². The quantitative estimate of drug-likeness (QED) is 0.649. The van der Waals surface area contributed by atoms with Crippen molar-refractivity contribution < 1.29 is 9.47 Å². The maximum Gasteiger partial charge on any atom is 0.123 e. The Bertz CT molecular complexity index is 588. The zero-order valence-electron chi connectivity index (χ0n) is 15.1. The predicted octanol–water partition coefficient (Wildman–Crippen LogP) is 4.03. The van der Waals surface area contributed by atoms with Crippen LogP contribution in [-0.4, -0.2) is 50.4 Å². The highest BCUT2D eigenvalue weighted by atomic mass is 32.1. The first-order chi connectivity index (χ1) is 11.6. The molecule has 5 heteroatoms. The van der Waals surface area contributed by atoms with Crippen LogP contribution in [0.4, 0.5) is 0 Å². The van der Waals surface area contributed by atoms with Crippen molar-refractivity contribution in [3.8, 4) is 10.6 Å². The van der Waals surface area contributed by atoms with Crippen LogP contribution >= 0.6 is 11.3 Å². The molecule has 0 atom stereocenters. The van der Waals surface area contributed by atoms with Crippen LogP contribution in [-0.2, 0) is 16.0 Å². The van der Waals surface area contributed by atoms with Gasteiger partial charge in [0.05, 0.1) is 13.2 Å². The molecule has 0 N–H and O–H groups in total. The molecule has 0 radical (unpaired) electrons. The fourth-order valence-electron chi connectivity index (χ4n) is 2.46. The Hall–Kier alpha value is -1.27. The zero-order valence-corrected chi connectivity index (χ0v) is 15.9. The molecular weight excluding hydrogens is 320 g/mol. The second kappa shape index (κ2) is 9.89. The monoisotopic (exact) mass is 348 g/mol. The molecule has 0 bridgehead atoms. The van der Waals surface area contributed by atoms with Crippen molar-refractivity contribution in [1.82, 2.24) is 9.88 Å². The van der Waals surface area contributed by atoms with Crippen molar-refractivity contribution in [3.05, 3.63) is 40.9 Å². The van der Waals surface area contributed by atoms with Crippen LogP contribution in [0.5, 0.6) is 0 Å². The van der Waals surface area contributed by atoms with Gasteiger partial charge in [-0.15, -0.1) is 11.3 Å². The Morgan fingerprint density at radius 2 is 1.67 bits per heavy atom. The fraction of sp³-hybridized carbons (Fsp3) is 0.526. The molecule has 1 aromatic heterocycles. The van der Waals surface area contributed by atoms with Crippen molar-refractivity contribution in [2.45, 2.75) is 26.3 Å². The lowest BCUT2D eigenvalue weighted by Gasteiger charge is -2.20. The molecule has 0 saturated heterocycles. The van der Waals surface area contributed by atoms with E-state index in [1.807, 2.05) is 6.20 Å². The van der Waals surface area contributed by atoms with E-state index >= 15 is 0 Å². The third-order valence-electron chi connectivity index (χ3n) is 3.98. The van der Waals surface area contributed by atoms with E-state index in [1.54, 1.807) is 25.6 Å². The van der Waals surface area contributed by atoms with Gasteiger partial charge in [0, 0.05) is 50.5 Å². The Kier molecular flexibility index (Phi) is 7.85. The molecule has 2 aromatic rings. The van der Waals surface area contributed by atoms with Gasteiger partial charge in [0.25, 0.3) is 0 Å².